The molecule has 0 aliphatic heterocycles. The van der Waals surface area contributed by atoms with E-state index in [9.17, 15) is 5.11 Å². The second-order valence-electron chi connectivity index (χ2n) is 4.71. The highest BCUT2D eigenvalue weighted by atomic mass is 16.3. The van der Waals surface area contributed by atoms with Crippen molar-refractivity contribution in [2.75, 3.05) is 0 Å². The molecule has 2 atom stereocenters. The summed E-state index contributed by atoms with van der Waals surface area (Å²) in [5.41, 5.74) is 0.0473. The minimum absolute atomic E-state index is 0.0473. The van der Waals surface area contributed by atoms with Gasteiger partial charge in [0.05, 0.1) is 6.10 Å². The smallest absolute Gasteiger partial charge is 0.0594 e. The number of allylic oxidation sites excluding steroid dienone is 2. The average Bonchev–Trinajstić information content (AvgIpc) is 2.18. The largest absolute Gasteiger partial charge is 0.393 e. The molecule has 0 heterocycles. The second-order valence-corrected chi connectivity index (χ2v) is 4.71. The molecule has 76 valence electrons. The molecule has 1 aliphatic carbocycles. The summed E-state index contributed by atoms with van der Waals surface area (Å²) in [6.45, 7) is 6.42. The normalized spacial score (nSPS) is 26.0. The maximum Gasteiger partial charge on any atom is 0.0594 e. The van der Waals surface area contributed by atoms with Crippen molar-refractivity contribution in [3.05, 3.63) is 12.2 Å². The van der Waals surface area contributed by atoms with Crippen LogP contribution >= 0.6 is 0 Å². The fourth-order valence-electron chi connectivity index (χ4n) is 2.21. The van der Waals surface area contributed by atoms with Gasteiger partial charge in [0.1, 0.15) is 0 Å². The molecule has 1 heteroatoms. The molecule has 13 heavy (non-hydrogen) atoms. The van der Waals surface area contributed by atoms with Gasteiger partial charge in [-0.05, 0) is 37.0 Å². The number of aliphatic hydroxyl groups is 1. The third-order valence-corrected chi connectivity index (χ3v) is 3.46. The van der Waals surface area contributed by atoms with Crippen molar-refractivity contribution < 1.29 is 5.11 Å². The molecule has 0 aromatic carbocycles. The van der Waals surface area contributed by atoms with Crippen LogP contribution in [0.2, 0.25) is 0 Å². The zero-order valence-corrected chi connectivity index (χ0v) is 9.09. The Morgan fingerprint density at radius 2 is 2.23 bits per heavy atom. The minimum atomic E-state index is -0.166. The molecule has 0 spiro atoms. The lowest BCUT2D eigenvalue weighted by atomic mass is 9.70. The van der Waals surface area contributed by atoms with Gasteiger partial charge in [-0.3, -0.25) is 0 Å². The molecule has 0 aromatic heterocycles. The van der Waals surface area contributed by atoms with E-state index in [1.165, 1.54) is 19.3 Å². The topological polar surface area (TPSA) is 20.2 Å². The summed E-state index contributed by atoms with van der Waals surface area (Å²) < 4.78 is 0. The van der Waals surface area contributed by atoms with Crippen LogP contribution in [-0.4, -0.2) is 11.2 Å². The van der Waals surface area contributed by atoms with Crippen molar-refractivity contribution in [2.45, 2.75) is 52.6 Å². The van der Waals surface area contributed by atoms with Gasteiger partial charge in [-0.2, -0.15) is 0 Å². The third kappa shape index (κ3) is 2.34. The average molecular weight is 182 g/mol. The first-order valence-electron chi connectivity index (χ1n) is 5.43. The predicted molar refractivity (Wildman–Crippen MR) is 56.6 cm³/mol. The molecule has 1 rings (SSSR count). The summed E-state index contributed by atoms with van der Waals surface area (Å²) in [5.74, 6) is 0.566. The highest BCUT2D eigenvalue weighted by molar-refractivity contribution is 5.00. The van der Waals surface area contributed by atoms with Gasteiger partial charge in [-0.25, -0.2) is 0 Å². The van der Waals surface area contributed by atoms with Crippen LogP contribution < -0.4 is 0 Å². The molecule has 1 aliphatic rings. The van der Waals surface area contributed by atoms with E-state index in [2.05, 4.69) is 32.9 Å². The fourth-order valence-corrected chi connectivity index (χ4v) is 2.21. The van der Waals surface area contributed by atoms with Crippen molar-refractivity contribution in [3.63, 3.8) is 0 Å². The van der Waals surface area contributed by atoms with Crippen molar-refractivity contribution in [2.24, 2.45) is 11.3 Å². The molecule has 0 aromatic rings. The van der Waals surface area contributed by atoms with E-state index in [1.54, 1.807) is 0 Å². The third-order valence-electron chi connectivity index (χ3n) is 3.46. The Kier molecular flexibility index (Phi) is 3.55. The monoisotopic (exact) mass is 182 g/mol. The number of rotatable bonds is 3. The number of hydrogen-bond acceptors (Lipinski definition) is 1. The van der Waals surface area contributed by atoms with Crippen LogP contribution in [-0.2, 0) is 0 Å². The van der Waals surface area contributed by atoms with Crippen LogP contribution in [0.3, 0.4) is 0 Å². The van der Waals surface area contributed by atoms with Gasteiger partial charge in [0.2, 0.25) is 0 Å². The summed E-state index contributed by atoms with van der Waals surface area (Å²) >= 11 is 0. The predicted octanol–water partition coefficient (Wildman–Crippen LogP) is 3.14. The van der Waals surface area contributed by atoms with E-state index in [4.69, 9.17) is 0 Å². The Hall–Kier alpha value is -0.300. The molecule has 1 N–H and O–H groups in total. The van der Waals surface area contributed by atoms with Crippen LogP contribution in [0, 0.1) is 11.3 Å². The molecule has 0 fully saturated rings. The highest BCUT2D eigenvalue weighted by Gasteiger charge is 2.34. The lowest BCUT2D eigenvalue weighted by molar-refractivity contribution is 0.0140. The molecule has 0 saturated carbocycles. The van der Waals surface area contributed by atoms with Crippen molar-refractivity contribution >= 4 is 0 Å². The summed E-state index contributed by atoms with van der Waals surface area (Å²) in [7, 11) is 0. The van der Waals surface area contributed by atoms with E-state index >= 15 is 0 Å². The summed E-state index contributed by atoms with van der Waals surface area (Å²) in [6, 6.07) is 0. The standard InChI is InChI=1S/C12H22O/c1-4-11(13)12(2,3)10-8-6-5-7-9-10/h6,8,10-11,13H,4-5,7,9H2,1-3H3. The molecule has 0 amide bonds. The van der Waals surface area contributed by atoms with E-state index in [1.807, 2.05) is 0 Å². The van der Waals surface area contributed by atoms with Gasteiger partial charge in [0, 0.05) is 0 Å². The lowest BCUT2D eigenvalue weighted by Crippen LogP contribution is -2.36. The lowest BCUT2D eigenvalue weighted by Gasteiger charge is -2.38. The van der Waals surface area contributed by atoms with Crippen LogP contribution in [0.1, 0.15) is 46.5 Å². The molecule has 0 bridgehead atoms. The maximum absolute atomic E-state index is 9.90. The van der Waals surface area contributed by atoms with Gasteiger partial charge in [0.15, 0.2) is 0 Å². The van der Waals surface area contributed by atoms with Crippen molar-refractivity contribution in [3.8, 4) is 0 Å². The first-order chi connectivity index (χ1) is 6.09. The van der Waals surface area contributed by atoms with Crippen molar-refractivity contribution in [1.29, 1.82) is 0 Å². The number of hydrogen-bond donors (Lipinski definition) is 1. The molecular weight excluding hydrogens is 160 g/mol. The molecule has 0 saturated heterocycles. The summed E-state index contributed by atoms with van der Waals surface area (Å²) in [6.07, 6.45) is 8.98. The molecule has 0 radical (unpaired) electrons. The Morgan fingerprint density at radius 3 is 2.69 bits per heavy atom. The zero-order chi connectivity index (χ0) is 9.90. The Bertz CT molecular complexity index is 182. The Labute approximate surface area is 81.9 Å². The molecule has 2 unspecified atom stereocenters. The maximum atomic E-state index is 9.90. The van der Waals surface area contributed by atoms with Gasteiger partial charge in [-0.15, -0.1) is 0 Å². The number of aliphatic hydroxyl groups excluding tert-OH is 1. The SMILES string of the molecule is CCC(O)C(C)(C)C1C=CCCC1. The van der Waals surface area contributed by atoms with Crippen LogP contribution in [0.4, 0.5) is 0 Å². The summed E-state index contributed by atoms with van der Waals surface area (Å²) in [4.78, 5) is 0. The van der Waals surface area contributed by atoms with Crippen molar-refractivity contribution in [1.82, 2.24) is 0 Å². The van der Waals surface area contributed by atoms with Crippen LogP contribution in [0.15, 0.2) is 12.2 Å². The Balaban J connectivity index is 2.66. The van der Waals surface area contributed by atoms with E-state index in [0.717, 1.165) is 6.42 Å². The quantitative estimate of drug-likeness (QED) is 0.665. The first-order valence-corrected chi connectivity index (χ1v) is 5.43. The van der Waals surface area contributed by atoms with Gasteiger partial charge < -0.3 is 5.11 Å². The fraction of sp³-hybridized carbons (Fsp3) is 0.833. The van der Waals surface area contributed by atoms with E-state index in [-0.39, 0.29) is 11.5 Å². The van der Waals surface area contributed by atoms with Gasteiger partial charge in [0.25, 0.3) is 0 Å². The second kappa shape index (κ2) is 4.28. The van der Waals surface area contributed by atoms with Crippen LogP contribution in [0.25, 0.3) is 0 Å². The van der Waals surface area contributed by atoms with Crippen LogP contribution in [0.5, 0.6) is 0 Å². The summed E-state index contributed by atoms with van der Waals surface area (Å²) in [5, 5.41) is 9.90. The molecule has 1 nitrogen and oxygen atoms in total. The Morgan fingerprint density at radius 1 is 1.54 bits per heavy atom. The van der Waals surface area contributed by atoms with Gasteiger partial charge >= 0.3 is 0 Å². The van der Waals surface area contributed by atoms with E-state index < -0.39 is 0 Å². The molecular formula is C12H22O. The van der Waals surface area contributed by atoms with E-state index in [0.29, 0.717) is 5.92 Å². The minimum Gasteiger partial charge on any atom is -0.393 e. The van der Waals surface area contributed by atoms with Gasteiger partial charge in [-0.1, -0.05) is 32.9 Å². The highest BCUT2D eigenvalue weighted by Crippen LogP contribution is 2.38. The zero-order valence-electron chi connectivity index (χ0n) is 9.09. The first kappa shape index (κ1) is 10.8.